The zero-order valence-electron chi connectivity index (χ0n) is 21.2. The molecule has 200 valence electrons. The molecule has 0 unspecified atom stereocenters. The van der Waals surface area contributed by atoms with Gasteiger partial charge in [0, 0.05) is 28.0 Å². The molecular weight excluding hydrogens is 628 g/mol. The van der Waals surface area contributed by atoms with Crippen molar-refractivity contribution in [2.24, 2.45) is 17.8 Å². The monoisotopic (exact) mass is 652 g/mol. The van der Waals surface area contributed by atoms with E-state index in [0.29, 0.717) is 29.8 Å². The van der Waals surface area contributed by atoms with Gasteiger partial charge in [0.1, 0.15) is 5.75 Å². The predicted molar refractivity (Wildman–Crippen MR) is 155 cm³/mol. The summed E-state index contributed by atoms with van der Waals surface area (Å²) in [5.74, 6) is -1.92. The van der Waals surface area contributed by atoms with E-state index in [2.05, 4.69) is 31.9 Å². The molecule has 1 aliphatic carbocycles. The van der Waals surface area contributed by atoms with Gasteiger partial charge in [-0.25, -0.2) is 4.90 Å². The number of hydrogen-bond acceptors (Lipinski definition) is 5. The van der Waals surface area contributed by atoms with Gasteiger partial charge in [-0.15, -0.1) is 0 Å². The number of carbonyl (C=O) groups is 4. The summed E-state index contributed by atoms with van der Waals surface area (Å²) in [5.41, 5.74) is 1.95. The van der Waals surface area contributed by atoms with E-state index in [1.165, 1.54) is 4.90 Å². The molecule has 0 N–H and O–H groups in total. The van der Waals surface area contributed by atoms with Crippen molar-refractivity contribution in [3.63, 3.8) is 0 Å². The molecule has 2 saturated heterocycles. The fraction of sp³-hybridized carbons (Fsp3) is 0.333. The fourth-order valence-electron chi connectivity index (χ4n) is 6.02. The number of benzene rings is 3. The Balaban J connectivity index is 1.17. The number of anilines is 2. The SMILES string of the molecule is Cc1cc(OC(=O)[C@@H]2CC(=O)N(c3cccc4ccccc34)C2)ccc1N1C(=O)[C@@H]2C[C@H](Br)[C@@H](Br)C[C@H]2C1=O. The van der Waals surface area contributed by atoms with Crippen molar-refractivity contribution in [1.29, 1.82) is 0 Å². The quantitative estimate of drug-likeness (QED) is 0.160. The maximum atomic E-state index is 13.2. The van der Waals surface area contributed by atoms with Crippen LogP contribution in [0.25, 0.3) is 10.8 Å². The van der Waals surface area contributed by atoms with Crippen molar-refractivity contribution in [1.82, 2.24) is 0 Å². The molecule has 1 saturated carbocycles. The topological polar surface area (TPSA) is 84.0 Å². The Bertz CT molecular complexity index is 1490. The minimum absolute atomic E-state index is 0.0712. The Morgan fingerprint density at radius 2 is 1.54 bits per heavy atom. The minimum Gasteiger partial charge on any atom is -0.426 e. The van der Waals surface area contributed by atoms with E-state index in [4.69, 9.17) is 4.74 Å². The molecule has 3 aromatic rings. The summed E-state index contributed by atoms with van der Waals surface area (Å²) in [5, 5.41) is 1.98. The number of fused-ring (bicyclic) bond motifs is 2. The van der Waals surface area contributed by atoms with Crippen LogP contribution in [0, 0.1) is 24.7 Å². The maximum absolute atomic E-state index is 13.2. The van der Waals surface area contributed by atoms with E-state index >= 15 is 0 Å². The summed E-state index contributed by atoms with van der Waals surface area (Å²) < 4.78 is 5.67. The van der Waals surface area contributed by atoms with E-state index in [9.17, 15) is 19.2 Å². The van der Waals surface area contributed by atoms with Gasteiger partial charge in [0.25, 0.3) is 0 Å². The molecule has 3 amide bonds. The predicted octanol–water partition coefficient (Wildman–Crippen LogP) is 5.53. The average molecular weight is 654 g/mol. The molecule has 7 nitrogen and oxygen atoms in total. The van der Waals surface area contributed by atoms with Crippen molar-refractivity contribution in [2.75, 3.05) is 16.3 Å². The number of rotatable bonds is 4. The van der Waals surface area contributed by atoms with Crippen LogP contribution in [0.4, 0.5) is 11.4 Å². The van der Waals surface area contributed by atoms with Gasteiger partial charge in [0.2, 0.25) is 17.7 Å². The second kappa shape index (κ2) is 10.2. The molecular formula is C30H26Br2N2O5. The summed E-state index contributed by atoms with van der Waals surface area (Å²) >= 11 is 7.24. The first-order valence-electron chi connectivity index (χ1n) is 13.0. The summed E-state index contributed by atoms with van der Waals surface area (Å²) in [7, 11) is 0. The average Bonchev–Trinajstić information content (AvgIpc) is 3.41. The van der Waals surface area contributed by atoms with Gasteiger partial charge in [-0.1, -0.05) is 68.3 Å². The van der Waals surface area contributed by atoms with Crippen LogP contribution in [0.3, 0.4) is 0 Å². The van der Waals surface area contributed by atoms with Crippen LogP contribution in [0.2, 0.25) is 0 Å². The molecule has 5 atom stereocenters. The normalized spacial score (nSPS) is 26.8. The van der Waals surface area contributed by atoms with Gasteiger partial charge in [-0.2, -0.15) is 0 Å². The van der Waals surface area contributed by atoms with Gasteiger partial charge in [-0.05, 0) is 55.0 Å². The number of esters is 1. The maximum Gasteiger partial charge on any atom is 0.316 e. The number of carbonyl (C=O) groups excluding carboxylic acids is 4. The second-order valence-electron chi connectivity index (χ2n) is 10.5. The zero-order valence-corrected chi connectivity index (χ0v) is 24.4. The highest BCUT2D eigenvalue weighted by atomic mass is 79.9. The van der Waals surface area contributed by atoms with Crippen LogP contribution in [0.1, 0.15) is 24.8 Å². The number of aryl methyl sites for hydroxylation is 1. The van der Waals surface area contributed by atoms with Crippen LogP contribution >= 0.6 is 31.9 Å². The zero-order chi connectivity index (χ0) is 27.4. The molecule has 2 heterocycles. The molecule has 3 aliphatic rings. The first kappa shape index (κ1) is 26.2. The van der Waals surface area contributed by atoms with Crippen molar-refractivity contribution in [2.45, 2.75) is 35.8 Å². The summed E-state index contributed by atoms with van der Waals surface area (Å²) in [6, 6.07) is 18.5. The van der Waals surface area contributed by atoms with Crippen LogP contribution in [-0.2, 0) is 19.2 Å². The second-order valence-corrected chi connectivity index (χ2v) is 12.9. The lowest BCUT2D eigenvalue weighted by atomic mass is 9.81. The number of nitrogens with zero attached hydrogens (tertiary/aromatic N) is 2. The van der Waals surface area contributed by atoms with Crippen molar-refractivity contribution in [3.05, 3.63) is 66.2 Å². The smallest absolute Gasteiger partial charge is 0.316 e. The lowest BCUT2D eigenvalue weighted by Crippen LogP contribution is -2.34. The van der Waals surface area contributed by atoms with Crippen LogP contribution < -0.4 is 14.5 Å². The van der Waals surface area contributed by atoms with Gasteiger partial charge in [-0.3, -0.25) is 19.2 Å². The Morgan fingerprint density at radius 3 is 2.23 bits per heavy atom. The van der Waals surface area contributed by atoms with Gasteiger partial charge < -0.3 is 9.64 Å². The number of halogens is 2. The minimum atomic E-state index is -0.601. The first-order valence-corrected chi connectivity index (χ1v) is 14.8. The highest BCUT2D eigenvalue weighted by molar-refractivity contribution is 9.12. The van der Waals surface area contributed by atoms with E-state index in [1.807, 2.05) is 42.5 Å². The number of ether oxygens (including phenoxy) is 1. The Labute approximate surface area is 242 Å². The summed E-state index contributed by atoms with van der Waals surface area (Å²) in [6.45, 7) is 2.03. The van der Waals surface area contributed by atoms with Gasteiger partial charge in [0.05, 0.1) is 29.1 Å². The summed E-state index contributed by atoms with van der Waals surface area (Å²) in [4.78, 5) is 55.6. The molecule has 39 heavy (non-hydrogen) atoms. The first-order chi connectivity index (χ1) is 18.7. The highest BCUT2D eigenvalue weighted by Gasteiger charge is 2.52. The largest absolute Gasteiger partial charge is 0.426 e. The molecule has 0 aromatic heterocycles. The third-order valence-electron chi connectivity index (χ3n) is 8.05. The van der Waals surface area contributed by atoms with E-state index in [0.717, 1.165) is 16.5 Å². The van der Waals surface area contributed by atoms with Gasteiger partial charge in [0.15, 0.2) is 0 Å². The summed E-state index contributed by atoms with van der Waals surface area (Å²) in [6.07, 6.45) is 1.28. The molecule has 3 fully saturated rings. The van der Waals surface area contributed by atoms with Gasteiger partial charge >= 0.3 is 5.97 Å². The standard InChI is InChI=1S/C30H26Br2N2O5/c1-16-11-19(9-10-25(16)34-28(36)21-13-23(31)24(32)14-22(21)29(34)37)39-30(38)18-12-27(35)33(15-18)26-8-4-6-17-5-2-3-7-20(17)26/h2-11,18,21-24H,12-15H2,1H3/t18-,21-,22-,23+,24+/m1/s1. The van der Waals surface area contributed by atoms with Crippen molar-refractivity contribution >= 4 is 77.7 Å². The van der Waals surface area contributed by atoms with E-state index < -0.39 is 11.9 Å². The number of amides is 3. The van der Waals surface area contributed by atoms with E-state index in [1.54, 1.807) is 30.0 Å². The van der Waals surface area contributed by atoms with E-state index in [-0.39, 0.29) is 52.2 Å². The Morgan fingerprint density at radius 1 is 0.872 bits per heavy atom. The van der Waals surface area contributed by atoms with Crippen LogP contribution in [0.15, 0.2) is 60.7 Å². The lowest BCUT2D eigenvalue weighted by Gasteiger charge is -2.29. The molecule has 0 bridgehead atoms. The molecule has 2 aliphatic heterocycles. The molecule has 0 radical (unpaired) electrons. The van der Waals surface area contributed by atoms with Crippen LogP contribution in [-0.4, -0.2) is 39.9 Å². The molecule has 9 heteroatoms. The fourth-order valence-corrected chi connectivity index (χ4v) is 7.25. The van der Waals surface area contributed by atoms with Crippen LogP contribution in [0.5, 0.6) is 5.75 Å². The molecule has 6 rings (SSSR count). The molecule has 3 aromatic carbocycles. The third kappa shape index (κ3) is 4.59. The highest BCUT2D eigenvalue weighted by Crippen LogP contribution is 2.45. The van der Waals surface area contributed by atoms with Crippen molar-refractivity contribution < 1.29 is 23.9 Å². The molecule has 0 spiro atoms. The Kier molecular flexibility index (Phi) is 6.83. The third-order valence-corrected chi connectivity index (χ3v) is 10.8. The Hall–Kier alpha value is -3.04. The number of hydrogen-bond donors (Lipinski definition) is 0. The lowest BCUT2D eigenvalue weighted by molar-refractivity contribution is -0.139. The van der Waals surface area contributed by atoms with Crippen molar-refractivity contribution in [3.8, 4) is 5.75 Å². The number of alkyl halides is 2. The number of imide groups is 1.